The highest BCUT2D eigenvalue weighted by Crippen LogP contribution is 2.24. The highest BCUT2D eigenvalue weighted by atomic mass is 16.5. The Morgan fingerprint density at radius 2 is 1.71 bits per heavy atom. The van der Waals surface area contributed by atoms with Crippen molar-refractivity contribution in [2.24, 2.45) is 0 Å². The average Bonchev–Trinajstić information content (AvgIpc) is 2.33. The van der Waals surface area contributed by atoms with Gasteiger partial charge in [-0.2, -0.15) is 0 Å². The van der Waals surface area contributed by atoms with Crippen molar-refractivity contribution in [3.8, 4) is 0 Å². The average molecular weight is 236 g/mol. The molecule has 0 bridgehead atoms. The number of hydrogen-bond acceptors (Lipinski definition) is 2. The van der Waals surface area contributed by atoms with Crippen molar-refractivity contribution in [2.45, 2.75) is 39.5 Å². The summed E-state index contributed by atoms with van der Waals surface area (Å²) >= 11 is 0. The molecule has 0 heterocycles. The molecule has 0 atom stereocenters. The molecule has 0 unspecified atom stereocenters. The first-order valence-electron chi connectivity index (χ1n) is 6.04. The maximum Gasteiger partial charge on any atom is 0.342 e. The molecule has 0 fully saturated rings. The Bertz CT molecular complexity index is 353. The van der Waals surface area contributed by atoms with Gasteiger partial charge in [0.05, 0.1) is 0 Å². The summed E-state index contributed by atoms with van der Waals surface area (Å²) in [6.07, 6.45) is 3.87. The number of hydrogen-bond donors (Lipinski definition) is 3. The number of carbonyl (C=O) groups is 1. The molecular formula is C13H20N2O2. The number of carbonyl (C=O) groups excluding carboxylic acids is 1. The van der Waals surface area contributed by atoms with E-state index in [2.05, 4.69) is 19.2 Å². The largest absolute Gasteiger partial charge is 0.342 e. The lowest BCUT2D eigenvalue weighted by Gasteiger charge is -2.14. The van der Waals surface area contributed by atoms with Gasteiger partial charge in [0.1, 0.15) is 0 Å². The molecule has 0 aromatic heterocycles. The van der Waals surface area contributed by atoms with E-state index in [1.54, 1.807) is 5.48 Å². The van der Waals surface area contributed by atoms with Crippen LogP contribution in [0.4, 0.5) is 10.5 Å². The van der Waals surface area contributed by atoms with Crippen LogP contribution in [0.5, 0.6) is 0 Å². The Morgan fingerprint density at radius 1 is 1.18 bits per heavy atom. The zero-order valence-electron chi connectivity index (χ0n) is 10.4. The molecule has 4 heteroatoms. The molecule has 0 aliphatic heterocycles. The van der Waals surface area contributed by atoms with Crippen molar-refractivity contribution in [3.63, 3.8) is 0 Å². The highest BCUT2D eigenvalue weighted by Gasteiger charge is 2.10. The molecule has 2 amide bonds. The van der Waals surface area contributed by atoms with E-state index in [0.29, 0.717) is 0 Å². The van der Waals surface area contributed by atoms with Gasteiger partial charge in [-0.25, -0.2) is 10.3 Å². The van der Waals surface area contributed by atoms with E-state index in [1.165, 1.54) is 0 Å². The van der Waals surface area contributed by atoms with Crippen LogP contribution < -0.4 is 10.8 Å². The van der Waals surface area contributed by atoms with Crippen LogP contribution in [-0.4, -0.2) is 11.2 Å². The van der Waals surface area contributed by atoms with Crippen molar-refractivity contribution >= 4 is 11.7 Å². The lowest BCUT2D eigenvalue weighted by molar-refractivity contribution is 0.172. The number of anilines is 1. The third kappa shape index (κ3) is 3.75. The molecule has 0 radical (unpaired) electrons. The first kappa shape index (κ1) is 13.5. The van der Waals surface area contributed by atoms with Crippen LogP contribution in [0.15, 0.2) is 18.2 Å². The monoisotopic (exact) mass is 236 g/mol. The zero-order chi connectivity index (χ0) is 12.7. The molecule has 1 rings (SSSR count). The standard InChI is InChI=1S/C13H20N2O2/c1-3-6-10-8-5-9-11(7-4-2)12(10)14-13(16)15-17/h5,8-9,17H,3-4,6-7H2,1-2H3,(H2,14,15,16). The normalized spacial score (nSPS) is 10.1. The SMILES string of the molecule is CCCc1cccc(CCC)c1NC(=O)NO. The summed E-state index contributed by atoms with van der Waals surface area (Å²) in [6.45, 7) is 4.20. The molecule has 0 saturated carbocycles. The first-order chi connectivity index (χ1) is 8.22. The van der Waals surface area contributed by atoms with Gasteiger partial charge < -0.3 is 5.32 Å². The van der Waals surface area contributed by atoms with Crippen molar-refractivity contribution < 1.29 is 10.0 Å². The summed E-state index contributed by atoms with van der Waals surface area (Å²) in [5.41, 5.74) is 4.66. The Balaban J connectivity index is 3.03. The minimum Gasteiger partial charge on any atom is -0.306 e. The van der Waals surface area contributed by atoms with Gasteiger partial charge in [-0.15, -0.1) is 0 Å². The van der Waals surface area contributed by atoms with Crippen LogP contribution in [0.1, 0.15) is 37.8 Å². The summed E-state index contributed by atoms with van der Waals surface area (Å²) in [5.74, 6) is 0. The highest BCUT2D eigenvalue weighted by molar-refractivity contribution is 5.90. The number of hydroxylamine groups is 1. The van der Waals surface area contributed by atoms with E-state index in [1.807, 2.05) is 18.2 Å². The number of benzene rings is 1. The van der Waals surface area contributed by atoms with Crippen LogP contribution in [0.25, 0.3) is 0 Å². The molecule has 0 aliphatic rings. The second-order valence-corrected chi connectivity index (χ2v) is 4.02. The van der Waals surface area contributed by atoms with Gasteiger partial charge in [0.15, 0.2) is 0 Å². The molecule has 0 saturated heterocycles. The van der Waals surface area contributed by atoms with Gasteiger partial charge in [-0.3, -0.25) is 5.21 Å². The Morgan fingerprint density at radius 3 is 2.12 bits per heavy atom. The van der Waals surface area contributed by atoms with Crippen molar-refractivity contribution in [3.05, 3.63) is 29.3 Å². The fourth-order valence-electron chi connectivity index (χ4n) is 1.91. The van der Waals surface area contributed by atoms with Gasteiger partial charge in [-0.05, 0) is 24.0 Å². The van der Waals surface area contributed by atoms with Gasteiger partial charge in [0, 0.05) is 5.69 Å². The van der Waals surface area contributed by atoms with Crippen molar-refractivity contribution in [2.75, 3.05) is 5.32 Å². The maximum absolute atomic E-state index is 11.2. The van der Waals surface area contributed by atoms with Crippen LogP contribution in [-0.2, 0) is 12.8 Å². The number of para-hydroxylation sites is 1. The first-order valence-corrected chi connectivity index (χ1v) is 6.04. The van der Waals surface area contributed by atoms with Gasteiger partial charge >= 0.3 is 6.03 Å². The smallest absolute Gasteiger partial charge is 0.306 e. The molecule has 94 valence electrons. The van der Waals surface area contributed by atoms with E-state index >= 15 is 0 Å². The van der Waals surface area contributed by atoms with Crippen LogP contribution >= 0.6 is 0 Å². The Hall–Kier alpha value is -1.55. The zero-order valence-corrected chi connectivity index (χ0v) is 10.4. The van der Waals surface area contributed by atoms with Crippen molar-refractivity contribution in [1.82, 2.24) is 5.48 Å². The molecule has 3 N–H and O–H groups in total. The topological polar surface area (TPSA) is 61.4 Å². The van der Waals surface area contributed by atoms with Gasteiger partial charge in [0.2, 0.25) is 0 Å². The number of urea groups is 1. The molecule has 4 nitrogen and oxygen atoms in total. The van der Waals surface area contributed by atoms with E-state index in [-0.39, 0.29) is 0 Å². The minimum atomic E-state index is -0.592. The van der Waals surface area contributed by atoms with Crippen LogP contribution in [0, 0.1) is 0 Å². The number of nitrogens with one attached hydrogen (secondary N) is 2. The number of rotatable bonds is 5. The van der Waals surface area contributed by atoms with Crippen LogP contribution in [0.3, 0.4) is 0 Å². The van der Waals surface area contributed by atoms with Crippen LogP contribution in [0.2, 0.25) is 0 Å². The summed E-state index contributed by atoms with van der Waals surface area (Å²) < 4.78 is 0. The van der Waals surface area contributed by atoms with E-state index in [0.717, 1.165) is 42.5 Å². The lowest BCUT2D eigenvalue weighted by atomic mass is 10.0. The third-order valence-corrected chi connectivity index (χ3v) is 2.62. The molecule has 0 spiro atoms. The minimum absolute atomic E-state index is 0.592. The predicted molar refractivity (Wildman–Crippen MR) is 68.4 cm³/mol. The van der Waals surface area contributed by atoms with E-state index < -0.39 is 6.03 Å². The molecule has 0 aliphatic carbocycles. The predicted octanol–water partition coefficient (Wildman–Crippen LogP) is 3.10. The summed E-state index contributed by atoms with van der Waals surface area (Å²) in [5, 5.41) is 11.3. The van der Waals surface area contributed by atoms with Crippen molar-refractivity contribution in [1.29, 1.82) is 0 Å². The Kier molecular flexibility index (Phi) is 5.49. The van der Waals surface area contributed by atoms with E-state index in [4.69, 9.17) is 5.21 Å². The summed E-state index contributed by atoms with van der Waals surface area (Å²) in [7, 11) is 0. The Labute approximate surface area is 102 Å². The lowest BCUT2D eigenvalue weighted by Crippen LogP contribution is -2.26. The second-order valence-electron chi connectivity index (χ2n) is 4.02. The fraction of sp³-hybridized carbons (Fsp3) is 0.462. The third-order valence-electron chi connectivity index (χ3n) is 2.62. The molecule has 17 heavy (non-hydrogen) atoms. The maximum atomic E-state index is 11.2. The fourth-order valence-corrected chi connectivity index (χ4v) is 1.91. The quantitative estimate of drug-likeness (QED) is 0.543. The van der Waals surface area contributed by atoms with Gasteiger partial charge in [0.25, 0.3) is 0 Å². The number of amides is 2. The molecule has 1 aromatic carbocycles. The molecule has 1 aromatic rings. The second kappa shape index (κ2) is 6.91. The molecular weight excluding hydrogens is 216 g/mol. The summed E-state index contributed by atoms with van der Waals surface area (Å²) in [6, 6.07) is 5.44. The number of aryl methyl sites for hydroxylation is 2. The van der Waals surface area contributed by atoms with Gasteiger partial charge in [-0.1, -0.05) is 44.9 Å². The summed E-state index contributed by atoms with van der Waals surface area (Å²) in [4.78, 5) is 11.2. The van der Waals surface area contributed by atoms with E-state index in [9.17, 15) is 4.79 Å².